The van der Waals surface area contributed by atoms with Gasteiger partial charge in [-0.2, -0.15) is 0 Å². The molecule has 2 N–H and O–H groups in total. The van der Waals surface area contributed by atoms with Gasteiger partial charge in [-0.25, -0.2) is 4.79 Å². The molecule has 24 heavy (non-hydrogen) atoms. The van der Waals surface area contributed by atoms with Crippen molar-refractivity contribution in [3.05, 3.63) is 45.8 Å². The molecule has 126 valence electrons. The summed E-state index contributed by atoms with van der Waals surface area (Å²) in [4.78, 5) is 26.0. The Morgan fingerprint density at radius 2 is 1.96 bits per heavy atom. The lowest BCUT2D eigenvalue weighted by atomic mass is 9.76. The Morgan fingerprint density at radius 3 is 2.62 bits per heavy atom. The van der Waals surface area contributed by atoms with Crippen LogP contribution in [0.4, 0.5) is 0 Å². The van der Waals surface area contributed by atoms with Crippen molar-refractivity contribution < 1.29 is 14.7 Å². The van der Waals surface area contributed by atoms with Crippen molar-refractivity contribution in [1.29, 1.82) is 0 Å². The summed E-state index contributed by atoms with van der Waals surface area (Å²) in [7, 11) is 1.58. The van der Waals surface area contributed by atoms with Crippen LogP contribution in [0.5, 0.6) is 0 Å². The Kier molecular flexibility index (Phi) is 4.22. The quantitative estimate of drug-likeness (QED) is 0.885. The number of rotatable bonds is 3. The average molecular weight is 343 g/mol. The summed E-state index contributed by atoms with van der Waals surface area (Å²) in [6.45, 7) is 4.36. The molecule has 1 aromatic carbocycles. The van der Waals surface area contributed by atoms with Crippen LogP contribution in [-0.2, 0) is 12.8 Å². The average Bonchev–Trinajstić information content (AvgIpc) is 2.91. The molecule has 1 heterocycles. The van der Waals surface area contributed by atoms with E-state index in [1.165, 1.54) is 11.3 Å². The first kappa shape index (κ1) is 16.7. The summed E-state index contributed by atoms with van der Waals surface area (Å²) in [5.41, 5.74) is 2.65. The Balaban J connectivity index is 2.22. The van der Waals surface area contributed by atoms with E-state index in [4.69, 9.17) is 0 Å². The molecule has 0 aliphatic heterocycles. The minimum atomic E-state index is -0.910. The van der Waals surface area contributed by atoms with Gasteiger partial charge in [0.15, 0.2) is 0 Å². The number of hydrogen-bond acceptors (Lipinski definition) is 3. The minimum absolute atomic E-state index is 0.107. The van der Waals surface area contributed by atoms with Gasteiger partial charge in [0.1, 0.15) is 0 Å². The van der Waals surface area contributed by atoms with Crippen LogP contribution in [0.2, 0.25) is 0 Å². The van der Waals surface area contributed by atoms with E-state index >= 15 is 0 Å². The normalized spacial score (nSPS) is 15.6. The molecule has 0 saturated heterocycles. The summed E-state index contributed by atoms with van der Waals surface area (Å²) in [5.74, 6) is -1.11. The van der Waals surface area contributed by atoms with Crippen molar-refractivity contribution in [2.75, 3.05) is 7.05 Å². The maximum atomic E-state index is 12.2. The zero-order valence-electron chi connectivity index (χ0n) is 14.1. The fourth-order valence-electron chi connectivity index (χ4n) is 3.35. The van der Waals surface area contributed by atoms with Crippen molar-refractivity contribution in [2.45, 2.75) is 33.1 Å². The van der Waals surface area contributed by atoms with Crippen LogP contribution in [0.25, 0.3) is 10.4 Å². The van der Waals surface area contributed by atoms with E-state index in [0.717, 1.165) is 29.7 Å². The lowest BCUT2D eigenvalue weighted by Crippen LogP contribution is -2.22. The van der Waals surface area contributed by atoms with E-state index in [1.807, 2.05) is 12.1 Å². The molecule has 3 rings (SSSR count). The van der Waals surface area contributed by atoms with Crippen LogP contribution >= 0.6 is 11.3 Å². The van der Waals surface area contributed by atoms with Crippen LogP contribution in [-0.4, -0.2) is 24.0 Å². The number of hydrogen-bond donors (Lipinski definition) is 2. The van der Waals surface area contributed by atoms with Crippen molar-refractivity contribution >= 4 is 23.2 Å². The first-order valence-electron chi connectivity index (χ1n) is 8.03. The molecule has 0 atom stereocenters. The van der Waals surface area contributed by atoms with Gasteiger partial charge in [-0.15, -0.1) is 11.3 Å². The minimum Gasteiger partial charge on any atom is -0.478 e. The fourth-order valence-corrected chi connectivity index (χ4v) is 4.70. The molecule has 4 nitrogen and oxygen atoms in total. The van der Waals surface area contributed by atoms with E-state index in [-0.39, 0.29) is 11.3 Å². The number of nitrogens with one attached hydrogen (secondary N) is 1. The Hall–Kier alpha value is -2.14. The summed E-state index contributed by atoms with van der Waals surface area (Å²) in [6.07, 6.45) is 2.72. The Morgan fingerprint density at radius 1 is 1.25 bits per heavy atom. The first-order chi connectivity index (χ1) is 11.3. The zero-order chi connectivity index (χ0) is 17.5. The van der Waals surface area contributed by atoms with Gasteiger partial charge < -0.3 is 10.4 Å². The molecule has 5 heteroatoms. The summed E-state index contributed by atoms with van der Waals surface area (Å²) in [6, 6.07) is 7.21. The summed E-state index contributed by atoms with van der Waals surface area (Å²) in [5, 5.41) is 12.5. The largest absolute Gasteiger partial charge is 0.478 e. The Labute approximate surface area is 145 Å². The molecule has 2 aromatic rings. The number of carboxylic acids is 1. The maximum Gasteiger partial charge on any atom is 0.337 e. The SMILES string of the molecule is CNC(=O)c1ccccc1-c1sc2c(c1C(=O)O)CC(C)(C)CC2. The number of thiophene rings is 1. The standard InChI is InChI=1S/C19H21NO3S/c1-19(2)9-8-14-13(10-19)15(18(22)23)16(24-14)11-6-4-5-7-12(11)17(21)20-3/h4-7H,8-10H2,1-3H3,(H,20,21)(H,22,23). The second-order valence-electron chi connectivity index (χ2n) is 6.98. The number of aromatic carboxylic acids is 1. The monoisotopic (exact) mass is 343 g/mol. The number of amides is 1. The summed E-state index contributed by atoms with van der Waals surface area (Å²) >= 11 is 1.53. The predicted octanol–water partition coefficient (Wildman–Crippen LogP) is 3.99. The van der Waals surface area contributed by atoms with Crippen LogP contribution in [0.1, 0.15) is 51.4 Å². The molecule has 1 aliphatic rings. The van der Waals surface area contributed by atoms with Gasteiger partial charge in [0.2, 0.25) is 0 Å². The maximum absolute atomic E-state index is 12.2. The number of aryl methyl sites for hydroxylation is 1. The number of fused-ring (bicyclic) bond motifs is 1. The highest BCUT2D eigenvalue weighted by molar-refractivity contribution is 7.16. The van der Waals surface area contributed by atoms with Crippen LogP contribution in [0, 0.1) is 5.41 Å². The molecule has 0 fully saturated rings. The number of carbonyl (C=O) groups is 2. The first-order valence-corrected chi connectivity index (χ1v) is 8.85. The van der Waals surface area contributed by atoms with Gasteiger partial charge in [0.05, 0.1) is 10.4 Å². The zero-order valence-corrected chi connectivity index (χ0v) is 14.9. The Bertz CT molecular complexity index is 820. The molecule has 1 aromatic heterocycles. The van der Waals surface area contributed by atoms with Gasteiger partial charge >= 0.3 is 5.97 Å². The number of carboxylic acid groups (broad SMARTS) is 1. The van der Waals surface area contributed by atoms with Gasteiger partial charge in [0.25, 0.3) is 5.91 Å². The lowest BCUT2D eigenvalue weighted by Gasteiger charge is -2.29. The van der Waals surface area contributed by atoms with E-state index in [1.54, 1.807) is 19.2 Å². The van der Waals surface area contributed by atoms with Gasteiger partial charge in [-0.1, -0.05) is 32.0 Å². The molecule has 0 bridgehead atoms. The molecular weight excluding hydrogens is 322 g/mol. The highest BCUT2D eigenvalue weighted by atomic mass is 32.1. The van der Waals surface area contributed by atoms with Crippen molar-refractivity contribution in [3.8, 4) is 10.4 Å². The third-order valence-corrected chi connectivity index (χ3v) is 5.96. The molecule has 0 unspecified atom stereocenters. The molecular formula is C19H21NO3S. The third kappa shape index (κ3) is 2.84. The van der Waals surface area contributed by atoms with E-state index in [9.17, 15) is 14.7 Å². The van der Waals surface area contributed by atoms with Crippen molar-refractivity contribution in [3.63, 3.8) is 0 Å². The number of benzene rings is 1. The van der Waals surface area contributed by atoms with E-state index in [0.29, 0.717) is 21.6 Å². The topological polar surface area (TPSA) is 66.4 Å². The van der Waals surface area contributed by atoms with Gasteiger partial charge in [-0.05, 0) is 36.3 Å². The lowest BCUT2D eigenvalue weighted by molar-refractivity contribution is 0.0695. The van der Waals surface area contributed by atoms with Crippen LogP contribution in [0.3, 0.4) is 0 Å². The van der Waals surface area contributed by atoms with Gasteiger partial charge in [-0.3, -0.25) is 4.79 Å². The molecule has 0 saturated carbocycles. The highest BCUT2D eigenvalue weighted by Gasteiger charge is 2.33. The predicted molar refractivity (Wildman–Crippen MR) is 95.9 cm³/mol. The highest BCUT2D eigenvalue weighted by Crippen LogP contribution is 2.45. The second-order valence-corrected chi connectivity index (χ2v) is 8.08. The smallest absolute Gasteiger partial charge is 0.337 e. The molecule has 0 spiro atoms. The third-order valence-electron chi connectivity index (χ3n) is 4.63. The molecule has 1 amide bonds. The van der Waals surface area contributed by atoms with Gasteiger partial charge in [0, 0.05) is 23.1 Å². The van der Waals surface area contributed by atoms with E-state index < -0.39 is 5.97 Å². The van der Waals surface area contributed by atoms with Crippen LogP contribution < -0.4 is 5.32 Å². The fraction of sp³-hybridized carbons (Fsp3) is 0.368. The number of carbonyl (C=O) groups excluding carboxylic acids is 1. The van der Waals surface area contributed by atoms with E-state index in [2.05, 4.69) is 19.2 Å². The van der Waals surface area contributed by atoms with Crippen molar-refractivity contribution in [2.24, 2.45) is 5.41 Å². The van der Waals surface area contributed by atoms with Crippen LogP contribution in [0.15, 0.2) is 24.3 Å². The summed E-state index contributed by atoms with van der Waals surface area (Å²) < 4.78 is 0. The molecule has 0 radical (unpaired) electrons. The van der Waals surface area contributed by atoms with Crippen molar-refractivity contribution in [1.82, 2.24) is 5.32 Å². The second kappa shape index (κ2) is 6.06. The molecule has 1 aliphatic carbocycles.